The maximum Gasteiger partial charge on any atom is 0.312 e. The largest absolute Gasteiger partial charge is 0.492 e. The maximum absolute atomic E-state index is 11.3. The summed E-state index contributed by atoms with van der Waals surface area (Å²) in [6.07, 6.45) is 2.39. The Morgan fingerprint density at radius 2 is 2.26 bits per heavy atom. The number of carboxylic acids is 1. The Morgan fingerprint density at radius 1 is 1.58 bits per heavy atom. The van der Waals surface area contributed by atoms with Gasteiger partial charge in [0.25, 0.3) is 0 Å². The summed E-state index contributed by atoms with van der Waals surface area (Å²) in [7, 11) is 0. The molecule has 1 aliphatic carbocycles. The molecule has 1 aromatic carbocycles. The van der Waals surface area contributed by atoms with E-state index in [1.165, 1.54) is 12.8 Å². The molecule has 2 rings (SSSR count). The van der Waals surface area contributed by atoms with Crippen molar-refractivity contribution in [2.45, 2.75) is 25.7 Å². The normalized spacial score (nSPS) is 16.2. The number of benzene rings is 1. The van der Waals surface area contributed by atoms with E-state index in [1.807, 2.05) is 19.1 Å². The fraction of sp³-hybridized carbons (Fsp3) is 0.500. The van der Waals surface area contributed by atoms with Crippen LogP contribution in [0.2, 0.25) is 0 Å². The fourth-order valence-corrected chi connectivity index (χ4v) is 2.72. The second-order valence-corrected chi connectivity index (χ2v) is 5.90. The van der Waals surface area contributed by atoms with Gasteiger partial charge in [0.2, 0.25) is 0 Å². The quantitative estimate of drug-likeness (QED) is 0.842. The highest BCUT2D eigenvalue weighted by atomic mass is 79.9. The van der Waals surface area contributed by atoms with Gasteiger partial charge >= 0.3 is 5.97 Å². The Morgan fingerprint density at radius 3 is 2.79 bits per heavy atom. The van der Waals surface area contributed by atoms with Crippen LogP contribution in [-0.2, 0) is 4.79 Å². The van der Waals surface area contributed by atoms with Crippen molar-refractivity contribution in [3.63, 3.8) is 0 Å². The molecular formula is C14H18BrNO3. The van der Waals surface area contributed by atoms with Gasteiger partial charge in [0, 0.05) is 12.1 Å². The number of halogens is 1. The summed E-state index contributed by atoms with van der Waals surface area (Å²) in [6.45, 7) is 2.63. The van der Waals surface area contributed by atoms with Gasteiger partial charge in [0.15, 0.2) is 0 Å². The molecule has 5 heteroatoms. The van der Waals surface area contributed by atoms with Crippen LogP contribution in [0, 0.1) is 12.8 Å². The van der Waals surface area contributed by atoms with Crippen molar-refractivity contribution in [2.24, 2.45) is 11.7 Å². The minimum Gasteiger partial charge on any atom is -0.492 e. The topological polar surface area (TPSA) is 72.5 Å². The van der Waals surface area contributed by atoms with Crippen molar-refractivity contribution < 1.29 is 14.6 Å². The molecule has 0 aromatic heterocycles. The summed E-state index contributed by atoms with van der Waals surface area (Å²) < 4.78 is 6.61. The van der Waals surface area contributed by atoms with E-state index in [9.17, 15) is 9.90 Å². The molecule has 3 N–H and O–H groups in total. The monoisotopic (exact) mass is 327 g/mol. The zero-order valence-electron chi connectivity index (χ0n) is 10.9. The van der Waals surface area contributed by atoms with Crippen LogP contribution in [0.4, 0.5) is 0 Å². The molecule has 0 saturated heterocycles. The Kier molecular flexibility index (Phi) is 4.47. The highest BCUT2D eigenvalue weighted by Crippen LogP contribution is 2.37. The van der Waals surface area contributed by atoms with Crippen molar-refractivity contribution in [3.8, 4) is 5.75 Å². The van der Waals surface area contributed by atoms with Crippen molar-refractivity contribution >= 4 is 21.9 Å². The summed E-state index contributed by atoms with van der Waals surface area (Å²) in [5, 5.41) is 9.27. The van der Waals surface area contributed by atoms with Crippen molar-refractivity contribution in [3.05, 3.63) is 27.7 Å². The molecule has 0 radical (unpaired) electrons. The first-order valence-corrected chi connectivity index (χ1v) is 7.18. The van der Waals surface area contributed by atoms with Gasteiger partial charge in [0.1, 0.15) is 5.75 Å². The summed E-state index contributed by atoms with van der Waals surface area (Å²) >= 11 is 3.46. The second kappa shape index (κ2) is 5.92. The van der Waals surface area contributed by atoms with Crippen LogP contribution in [0.15, 0.2) is 16.6 Å². The van der Waals surface area contributed by atoms with Gasteiger partial charge in [-0.1, -0.05) is 6.07 Å². The van der Waals surface area contributed by atoms with Crippen molar-refractivity contribution in [1.82, 2.24) is 0 Å². The number of rotatable bonds is 6. The van der Waals surface area contributed by atoms with Crippen molar-refractivity contribution in [1.29, 1.82) is 0 Å². The van der Waals surface area contributed by atoms with Crippen molar-refractivity contribution in [2.75, 3.05) is 13.2 Å². The summed E-state index contributed by atoms with van der Waals surface area (Å²) in [5.41, 5.74) is 7.23. The number of carbonyl (C=O) groups is 1. The highest BCUT2D eigenvalue weighted by Gasteiger charge is 2.27. The Hall–Kier alpha value is -1.07. The lowest BCUT2D eigenvalue weighted by molar-refractivity contribution is -0.138. The summed E-state index contributed by atoms with van der Waals surface area (Å²) in [5.74, 6) is -0.417. The van der Waals surface area contributed by atoms with Gasteiger partial charge < -0.3 is 15.6 Å². The number of carboxylic acid groups (broad SMARTS) is 1. The molecule has 19 heavy (non-hydrogen) atoms. The van der Waals surface area contributed by atoms with E-state index in [2.05, 4.69) is 15.9 Å². The lowest BCUT2D eigenvalue weighted by Crippen LogP contribution is -2.22. The van der Waals surface area contributed by atoms with Crippen LogP contribution in [0.5, 0.6) is 5.75 Å². The van der Waals surface area contributed by atoms with E-state index < -0.39 is 11.9 Å². The number of hydrogen-bond donors (Lipinski definition) is 2. The molecule has 0 amide bonds. The average Bonchev–Trinajstić information content (AvgIpc) is 3.12. The minimum atomic E-state index is -0.920. The molecule has 1 aromatic rings. The molecule has 0 spiro atoms. The molecule has 104 valence electrons. The maximum atomic E-state index is 11.3. The molecule has 0 bridgehead atoms. The molecule has 1 saturated carbocycles. The van der Waals surface area contributed by atoms with Crippen LogP contribution in [0.25, 0.3) is 0 Å². The molecule has 0 heterocycles. The van der Waals surface area contributed by atoms with Crippen LogP contribution >= 0.6 is 15.9 Å². The number of aryl methyl sites for hydroxylation is 1. The molecular weight excluding hydrogens is 310 g/mol. The Balaban J connectivity index is 2.33. The first-order chi connectivity index (χ1) is 9.02. The van der Waals surface area contributed by atoms with E-state index >= 15 is 0 Å². The summed E-state index contributed by atoms with van der Waals surface area (Å²) in [4.78, 5) is 11.3. The lowest BCUT2D eigenvalue weighted by Gasteiger charge is -2.18. The lowest BCUT2D eigenvalue weighted by atomic mass is 9.96. The molecule has 1 unspecified atom stereocenters. The molecule has 0 aliphatic heterocycles. The third-order valence-electron chi connectivity index (χ3n) is 3.29. The van der Waals surface area contributed by atoms with Gasteiger partial charge in [-0.05, 0) is 53.2 Å². The fourth-order valence-electron chi connectivity index (χ4n) is 2.01. The number of nitrogens with two attached hydrogens (primary N) is 1. The average molecular weight is 328 g/mol. The Labute approximate surface area is 121 Å². The van der Waals surface area contributed by atoms with E-state index in [0.29, 0.717) is 23.8 Å². The minimum absolute atomic E-state index is 0.0605. The summed E-state index contributed by atoms with van der Waals surface area (Å²) in [6, 6.07) is 3.78. The predicted octanol–water partition coefficient (Wildman–Crippen LogP) is 2.67. The smallest absolute Gasteiger partial charge is 0.312 e. The van der Waals surface area contributed by atoms with E-state index in [1.54, 1.807) is 0 Å². The highest BCUT2D eigenvalue weighted by molar-refractivity contribution is 9.10. The zero-order valence-corrected chi connectivity index (χ0v) is 12.4. The van der Waals surface area contributed by atoms with Gasteiger partial charge in [-0.25, -0.2) is 0 Å². The third-order valence-corrected chi connectivity index (χ3v) is 3.88. The van der Waals surface area contributed by atoms with Gasteiger partial charge in [0.05, 0.1) is 17.0 Å². The number of hydrogen-bond acceptors (Lipinski definition) is 3. The molecule has 1 fully saturated rings. The first-order valence-electron chi connectivity index (χ1n) is 6.38. The molecule has 1 atom stereocenters. The number of aliphatic carboxylic acids is 1. The molecule has 1 aliphatic rings. The standard InChI is InChI=1S/C14H18BrNO3/c1-8-4-10(11(6-16)14(17)18)13(12(15)5-8)19-7-9-2-3-9/h4-5,9,11H,2-3,6-7,16H2,1H3,(H,17,18). The SMILES string of the molecule is Cc1cc(Br)c(OCC2CC2)c(C(CN)C(=O)O)c1. The van der Waals surface area contributed by atoms with Gasteiger partial charge in [-0.3, -0.25) is 4.79 Å². The van der Waals surface area contributed by atoms with Gasteiger partial charge in [-0.15, -0.1) is 0 Å². The van der Waals surface area contributed by atoms with Gasteiger partial charge in [-0.2, -0.15) is 0 Å². The molecule has 4 nitrogen and oxygen atoms in total. The van der Waals surface area contributed by atoms with Crippen LogP contribution in [-0.4, -0.2) is 24.2 Å². The van der Waals surface area contributed by atoms with Crippen LogP contribution in [0.1, 0.15) is 29.9 Å². The Bertz CT molecular complexity index is 486. The second-order valence-electron chi connectivity index (χ2n) is 5.05. The predicted molar refractivity (Wildman–Crippen MR) is 76.5 cm³/mol. The number of ether oxygens (including phenoxy) is 1. The van der Waals surface area contributed by atoms with Crippen LogP contribution < -0.4 is 10.5 Å². The van der Waals surface area contributed by atoms with Crippen LogP contribution in [0.3, 0.4) is 0 Å². The third kappa shape index (κ3) is 3.48. The first kappa shape index (κ1) is 14.3. The zero-order chi connectivity index (χ0) is 14.0. The van der Waals surface area contributed by atoms with E-state index in [-0.39, 0.29) is 6.54 Å². The van der Waals surface area contributed by atoms with E-state index in [0.717, 1.165) is 10.0 Å². The van der Waals surface area contributed by atoms with E-state index in [4.69, 9.17) is 10.5 Å².